The Kier molecular flexibility index (Phi) is 8.11. The molecular formula is C21H21F3N2O2S. The maximum Gasteiger partial charge on any atom is 0.395 e. The van der Waals surface area contributed by atoms with Crippen LogP contribution in [0, 0.1) is 11.3 Å². The number of carbonyl (C=O) groups is 1. The minimum absolute atomic E-state index is 0.0975. The van der Waals surface area contributed by atoms with Crippen LogP contribution in [-0.4, -0.2) is 34.8 Å². The molecule has 2 atom stereocenters. The summed E-state index contributed by atoms with van der Waals surface area (Å²) in [5.41, 5.74) is 7.56. The molecule has 0 aliphatic heterocycles. The lowest BCUT2D eigenvalue weighted by molar-refractivity contribution is -0.150. The molecule has 0 saturated carbocycles. The van der Waals surface area contributed by atoms with Crippen LogP contribution in [0.1, 0.15) is 29.9 Å². The van der Waals surface area contributed by atoms with Crippen LogP contribution in [0.25, 0.3) is 11.1 Å². The van der Waals surface area contributed by atoms with Gasteiger partial charge in [-0.1, -0.05) is 36.4 Å². The summed E-state index contributed by atoms with van der Waals surface area (Å²) in [5, 5.41) is 17.7. The zero-order valence-electron chi connectivity index (χ0n) is 15.5. The fourth-order valence-electron chi connectivity index (χ4n) is 2.83. The highest BCUT2D eigenvalue weighted by molar-refractivity contribution is 7.99. The number of halogens is 3. The molecule has 29 heavy (non-hydrogen) atoms. The number of alkyl halides is 3. The Morgan fingerprint density at radius 1 is 1.10 bits per heavy atom. The molecule has 4 nitrogen and oxygen atoms in total. The number of carboxylic acid groups (broad SMARTS) is 1. The van der Waals surface area contributed by atoms with Gasteiger partial charge in [-0.3, -0.25) is 4.79 Å². The monoisotopic (exact) mass is 422 g/mol. The first kappa shape index (κ1) is 22.8. The number of rotatable bonds is 9. The molecule has 0 spiro atoms. The number of nitrogens with zero attached hydrogens (tertiary/aromatic N) is 1. The summed E-state index contributed by atoms with van der Waals surface area (Å²) in [4.78, 5) is 10.7. The zero-order chi connectivity index (χ0) is 21.4. The average molecular weight is 422 g/mol. The summed E-state index contributed by atoms with van der Waals surface area (Å²) >= 11 is 1.27. The van der Waals surface area contributed by atoms with Gasteiger partial charge >= 0.3 is 12.1 Å². The molecular weight excluding hydrogens is 401 g/mol. The van der Waals surface area contributed by atoms with Crippen LogP contribution in [0.2, 0.25) is 0 Å². The Balaban J connectivity index is 2.03. The first-order chi connectivity index (χ1) is 13.7. The van der Waals surface area contributed by atoms with E-state index in [1.807, 2.05) is 6.07 Å². The highest BCUT2D eigenvalue weighted by Gasteiger charge is 2.40. The van der Waals surface area contributed by atoms with E-state index in [2.05, 4.69) is 0 Å². The highest BCUT2D eigenvalue weighted by Crippen LogP contribution is 2.39. The molecule has 0 amide bonds. The van der Waals surface area contributed by atoms with E-state index in [0.717, 1.165) is 11.1 Å². The van der Waals surface area contributed by atoms with E-state index in [-0.39, 0.29) is 24.2 Å². The van der Waals surface area contributed by atoms with Gasteiger partial charge in [-0.15, -0.1) is 0 Å². The van der Waals surface area contributed by atoms with Crippen molar-refractivity contribution in [2.24, 2.45) is 5.73 Å². The van der Waals surface area contributed by atoms with Gasteiger partial charge in [0.2, 0.25) is 0 Å². The lowest BCUT2D eigenvalue weighted by Crippen LogP contribution is -2.30. The molecule has 0 radical (unpaired) electrons. The van der Waals surface area contributed by atoms with Crippen LogP contribution in [-0.2, 0) is 4.79 Å². The van der Waals surface area contributed by atoms with Crippen LogP contribution >= 0.6 is 11.8 Å². The summed E-state index contributed by atoms with van der Waals surface area (Å²) in [6.07, 6.45) is -4.26. The number of benzene rings is 2. The maximum atomic E-state index is 13.5. The van der Waals surface area contributed by atoms with Crippen molar-refractivity contribution in [3.63, 3.8) is 0 Å². The third-order valence-corrected chi connectivity index (χ3v) is 5.52. The number of nitriles is 1. The van der Waals surface area contributed by atoms with Crippen molar-refractivity contribution in [3.8, 4) is 17.2 Å². The van der Waals surface area contributed by atoms with Gasteiger partial charge in [0, 0.05) is 0 Å². The standard InChI is InChI=1S/C21H21F3N2O2S/c22-21(23,24)18(8-10-29-11-9-19(26)20(27)28)16-6-4-15(5-7-16)17-3-1-2-14(12-17)13-25/h1-7,12,18-19H,8-11,26H2,(H,27,28). The van der Waals surface area contributed by atoms with Crippen molar-refractivity contribution >= 4 is 17.7 Å². The number of hydrogen-bond donors (Lipinski definition) is 2. The number of hydrogen-bond acceptors (Lipinski definition) is 4. The van der Waals surface area contributed by atoms with Crippen molar-refractivity contribution in [1.29, 1.82) is 5.26 Å². The molecule has 0 saturated heterocycles. The fraction of sp³-hybridized carbons (Fsp3) is 0.333. The smallest absolute Gasteiger partial charge is 0.395 e. The summed E-state index contributed by atoms with van der Waals surface area (Å²) in [6, 6.07) is 14.1. The molecule has 8 heteroatoms. The normalized spacial score (nSPS) is 13.5. The van der Waals surface area contributed by atoms with Gasteiger partial charge in [-0.25, -0.2) is 0 Å². The van der Waals surface area contributed by atoms with Gasteiger partial charge in [-0.2, -0.15) is 30.2 Å². The SMILES string of the molecule is N#Cc1cccc(-c2ccc(C(CCSCCC(N)C(=O)O)C(F)(F)F)cc2)c1. The quantitative estimate of drug-likeness (QED) is 0.567. The minimum Gasteiger partial charge on any atom is -0.480 e. The lowest BCUT2D eigenvalue weighted by atomic mass is 9.93. The third kappa shape index (κ3) is 6.80. The molecule has 3 N–H and O–H groups in total. The van der Waals surface area contributed by atoms with E-state index in [0.29, 0.717) is 11.3 Å². The Morgan fingerprint density at radius 3 is 2.34 bits per heavy atom. The Labute approximate surface area is 171 Å². The van der Waals surface area contributed by atoms with Crippen molar-refractivity contribution in [3.05, 3.63) is 59.7 Å². The van der Waals surface area contributed by atoms with E-state index in [9.17, 15) is 18.0 Å². The molecule has 2 aromatic rings. The molecule has 2 rings (SSSR count). The highest BCUT2D eigenvalue weighted by atomic mass is 32.2. The van der Waals surface area contributed by atoms with Crippen LogP contribution in [0.5, 0.6) is 0 Å². The molecule has 0 fully saturated rings. The Bertz CT molecular complexity index is 863. The van der Waals surface area contributed by atoms with Crippen molar-refractivity contribution in [2.75, 3.05) is 11.5 Å². The van der Waals surface area contributed by atoms with Crippen LogP contribution in [0.15, 0.2) is 48.5 Å². The number of thioether (sulfide) groups is 1. The molecule has 0 aromatic heterocycles. The topological polar surface area (TPSA) is 87.1 Å². The molecule has 2 unspecified atom stereocenters. The van der Waals surface area contributed by atoms with E-state index >= 15 is 0 Å². The summed E-state index contributed by atoms with van der Waals surface area (Å²) in [7, 11) is 0. The number of nitrogens with two attached hydrogens (primary N) is 1. The maximum absolute atomic E-state index is 13.5. The van der Waals surface area contributed by atoms with Crippen molar-refractivity contribution in [1.82, 2.24) is 0 Å². The van der Waals surface area contributed by atoms with Crippen LogP contribution in [0.4, 0.5) is 13.2 Å². The van der Waals surface area contributed by atoms with Crippen molar-refractivity contribution < 1.29 is 23.1 Å². The van der Waals surface area contributed by atoms with Gasteiger partial charge in [0.1, 0.15) is 6.04 Å². The van der Waals surface area contributed by atoms with E-state index < -0.39 is 24.1 Å². The lowest BCUT2D eigenvalue weighted by Gasteiger charge is -2.21. The molecule has 0 aliphatic carbocycles. The third-order valence-electron chi connectivity index (χ3n) is 4.47. The van der Waals surface area contributed by atoms with Crippen LogP contribution in [0.3, 0.4) is 0 Å². The van der Waals surface area contributed by atoms with E-state index in [1.165, 1.54) is 23.9 Å². The molecule has 154 valence electrons. The van der Waals surface area contributed by atoms with Crippen LogP contribution < -0.4 is 5.73 Å². The fourth-order valence-corrected chi connectivity index (χ4v) is 3.86. The second kappa shape index (κ2) is 10.3. The Morgan fingerprint density at radius 2 is 1.76 bits per heavy atom. The molecule has 0 heterocycles. The second-order valence-corrected chi connectivity index (χ2v) is 7.77. The van der Waals surface area contributed by atoms with Crippen molar-refractivity contribution in [2.45, 2.75) is 31.0 Å². The largest absolute Gasteiger partial charge is 0.480 e. The predicted octanol–water partition coefficient (Wildman–Crippen LogP) is 4.80. The predicted molar refractivity (Wildman–Crippen MR) is 108 cm³/mol. The van der Waals surface area contributed by atoms with Gasteiger partial charge in [0.05, 0.1) is 17.6 Å². The average Bonchev–Trinajstić information content (AvgIpc) is 2.69. The van der Waals surface area contributed by atoms with Gasteiger partial charge in [0.25, 0.3) is 0 Å². The van der Waals surface area contributed by atoms with E-state index in [1.54, 1.807) is 36.4 Å². The number of aliphatic carboxylic acids is 1. The first-order valence-electron chi connectivity index (χ1n) is 8.95. The summed E-state index contributed by atoms with van der Waals surface area (Å²) in [6.45, 7) is 0. The second-order valence-electron chi connectivity index (χ2n) is 6.54. The zero-order valence-corrected chi connectivity index (χ0v) is 16.3. The first-order valence-corrected chi connectivity index (χ1v) is 10.1. The molecule has 0 aliphatic rings. The number of carboxylic acids is 1. The van der Waals surface area contributed by atoms with Gasteiger partial charge < -0.3 is 10.8 Å². The van der Waals surface area contributed by atoms with Gasteiger partial charge in [-0.05, 0) is 53.2 Å². The summed E-state index contributed by atoms with van der Waals surface area (Å²) in [5.74, 6) is -2.06. The minimum atomic E-state index is -4.37. The molecule has 2 aromatic carbocycles. The summed E-state index contributed by atoms with van der Waals surface area (Å²) < 4.78 is 40.6. The molecule has 0 bridgehead atoms. The van der Waals surface area contributed by atoms with E-state index in [4.69, 9.17) is 16.1 Å². The van der Waals surface area contributed by atoms with Gasteiger partial charge in [0.15, 0.2) is 0 Å². The Hall–Kier alpha value is -2.50.